The van der Waals surface area contributed by atoms with Crippen LogP contribution in [0.25, 0.3) is 0 Å². The summed E-state index contributed by atoms with van der Waals surface area (Å²) >= 11 is 0. The molecule has 0 aliphatic rings. The van der Waals surface area contributed by atoms with Crippen LogP contribution in [0.15, 0.2) is 48.5 Å². The molecule has 0 heterocycles. The van der Waals surface area contributed by atoms with Crippen molar-refractivity contribution in [2.24, 2.45) is 0 Å². The summed E-state index contributed by atoms with van der Waals surface area (Å²) in [6, 6.07) is 15.0. The number of ether oxygens (including phenoxy) is 1. The van der Waals surface area contributed by atoms with Crippen molar-refractivity contribution >= 4 is 10.0 Å². The molecule has 0 amide bonds. The summed E-state index contributed by atoms with van der Waals surface area (Å²) in [6.07, 6.45) is 0.0861. The summed E-state index contributed by atoms with van der Waals surface area (Å²) in [5.41, 5.74) is 2.67. The molecule has 0 bridgehead atoms. The Labute approximate surface area is 138 Å². The number of hydrogen-bond donors (Lipinski definition) is 1. The van der Waals surface area contributed by atoms with Crippen LogP contribution in [0.1, 0.15) is 30.5 Å². The predicted octanol–water partition coefficient (Wildman–Crippen LogP) is 3.40. The first-order valence-electron chi connectivity index (χ1n) is 7.63. The first-order valence-corrected chi connectivity index (χ1v) is 9.28. The van der Waals surface area contributed by atoms with E-state index in [1.165, 1.54) is 0 Å². The van der Waals surface area contributed by atoms with Gasteiger partial charge in [0.15, 0.2) is 0 Å². The van der Waals surface area contributed by atoms with Crippen molar-refractivity contribution in [3.8, 4) is 5.75 Å². The van der Waals surface area contributed by atoms with Crippen LogP contribution in [0.4, 0.5) is 0 Å². The van der Waals surface area contributed by atoms with Crippen LogP contribution in [0.5, 0.6) is 5.75 Å². The monoisotopic (exact) mass is 333 g/mol. The molecule has 124 valence electrons. The third-order valence-electron chi connectivity index (χ3n) is 3.37. The highest BCUT2D eigenvalue weighted by atomic mass is 32.2. The highest BCUT2D eigenvalue weighted by molar-refractivity contribution is 7.88. The minimum Gasteiger partial charge on any atom is -0.491 e. The average molecular weight is 333 g/mol. The zero-order valence-corrected chi connectivity index (χ0v) is 14.6. The largest absolute Gasteiger partial charge is 0.491 e. The molecule has 0 aliphatic heterocycles. The highest BCUT2D eigenvalue weighted by Crippen LogP contribution is 2.16. The van der Waals surface area contributed by atoms with Crippen molar-refractivity contribution < 1.29 is 13.2 Å². The van der Waals surface area contributed by atoms with Crippen molar-refractivity contribution in [2.75, 3.05) is 0 Å². The Bertz CT molecular complexity index is 754. The third-order valence-corrected chi connectivity index (χ3v) is 4.65. The lowest BCUT2D eigenvalue weighted by atomic mass is 10.1. The Morgan fingerprint density at radius 3 is 2.52 bits per heavy atom. The van der Waals surface area contributed by atoms with E-state index in [9.17, 15) is 8.42 Å². The quantitative estimate of drug-likeness (QED) is 0.845. The first-order chi connectivity index (χ1) is 10.9. The number of rotatable bonds is 7. The van der Waals surface area contributed by atoms with Gasteiger partial charge in [0.05, 0.1) is 11.9 Å². The van der Waals surface area contributed by atoms with E-state index in [1.807, 2.05) is 69.3 Å². The smallest absolute Gasteiger partial charge is 0.216 e. The molecule has 0 unspecified atom stereocenters. The molecule has 2 aromatic rings. The van der Waals surface area contributed by atoms with Gasteiger partial charge in [0.25, 0.3) is 0 Å². The molecule has 0 saturated heterocycles. The second kappa shape index (κ2) is 7.62. The zero-order chi connectivity index (χ0) is 16.9. The van der Waals surface area contributed by atoms with Crippen molar-refractivity contribution in [3.05, 3.63) is 65.2 Å². The summed E-state index contributed by atoms with van der Waals surface area (Å²) < 4.78 is 32.8. The minimum atomic E-state index is -3.38. The van der Waals surface area contributed by atoms with Gasteiger partial charge in [-0.1, -0.05) is 36.4 Å². The van der Waals surface area contributed by atoms with Crippen LogP contribution in [0.2, 0.25) is 0 Å². The van der Waals surface area contributed by atoms with Crippen molar-refractivity contribution in [2.45, 2.75) is 39.2 Å². The molecule has 1 N–H and O–H groups in total. The standard InChI is InChI=1S/C18H23NO3S/c1-14(2)22-18-10-6-8-16(11-18)12-19-23(20,21)13-17-9-5-4-7-15(17)3/h4-11,14,19H,12-13H2,1-3H3. The van der Waals surface area contributed by atoms with Gasteiger partial charge in [-0.25, -0.2) is 13.1 Å². The molecule has 0 atom stereocenters. The SMILES string of the molecule is Cc1ccccc1CS(=O)(=O)NCc1cccc(OC(C)C)c1. The number of benzene rings is 2. The van der Waals surface area contributed by atoms with E-state index >= 15 is 0 Å². The van der Waals surface area contributed by atoms with Gasteiger partial charge in [0, 0.05) is 6.54 Å². The number of hydrogen-bond acceptors (Lipinski definition) is 3. The fourth-order valence-corrected chi connectivity index (χ4v) is 3.44. The van der Waals surface area contributed by atoms with Gasteiger partial charge in [-0.05, 0) is 49.6 Å². The maximum Gasteiger partial charge on any atom is 0.216 e. The number of sulfonamides is 1. The molecule has 0 radical (unpaired) electrons. The minimum absolute atomic E-state index is 0.0120. The topological polar surface area (TPSA) is 55.4 Å². The average Bonchev–Trinajstić information content (AvgIpc) is 2.47. The third kappa shape index (κ3) is 5.69. The Hall–Kier alpha value is -1.85. The van der Waals surface area contributed by atoms with Gasteiger partial charge in [-0.2, -0.15) is 0 Å². The molecule has 23 heavy (non-hydrogen) atoms. The van der Waals surface area contributed by atoms with E-state index in [1.54, 1.807) is 0 Å². The van der Waals surface area contributed by atoms with Crippen LogP contribution in [-0.4, -0.2) is 14.5 Å². The van der Waals surface area contributed by atoms with Gasteiger partial charge >= 0.3 is 0 Å². The lowest BCUT2D eigenvalue weighted by Gasteiger charge is -2.12. The van der Waals surface area contributed by atoms with Crippen LogP contribution >= 0.6 is 0 Å². The van der Waals surface area contributed by atoms with Gasteiger partial charge < -0.3 is 4.74 Å². The molecule has 0 saturated carbocycles. The summed E-state index contributed by atoms with van der Waals surface area (Å²) in [5.74, 6) is 0.734. The van der Waals surface area contributed by atoms with Crippen molar-refractivity contribution in [3.63, 3.8) is 0 Å². The fourth-order valence-electron chi connectivity index (χ4n) is 2.22. The second-order valence-corrected chi connectivity index (χ2v) is 7.63. The maximum absolute atomic E-state index is 12.2. The normalized spacial score (nSPS) is 11.7. The van der Waals surface area contributed by atoms with E-state index in [0.717, 1.165) is 22.4 Å². The lowest BCUT2D eigenvalue weighted by molar-refractivity contribution is 0.242. The summed E-state index contributed by atoms with van der Waals surface area (Å²) in [7, 11) is -3.38. The van der Waals surface area contributed by atoms with Gasteiger partial charge in [0.1, 0.15) is 5.75 Å². The van der Waals surface area contributed by atoms with E-state index in [2.05, 4.69) is 4.72 Å². The molecule has 4 nitrogen and oxygen atoms in total. The Morgan fingerprint density at radius 1 is 1.09 bits per heavy atom. The molecule has 0 aliphatic carbocycles. The Balaban J connectivity index is 2.01. The molecule has 0 spiro atoms. The fraction of sp³-hybridized carbons (Fsp3) is 0.333. The van der Waals surface area contributed by atoms with Crippen LogP contribution < -0.4 is 9.46 Å². The molecule has 2 rings (SSSR count). The summed E-state index contributed by atoms with van der Waals surface area (Å²) in [6.45, 7) is 6.08. The van der Waals surface area contributed by atoms with Gasteiger partial charge in [-0.15, -0.1) is 0 Å². The molecule has 0 fully saturated rings. The van der Waals surface area contributed by atoms with E-state index in [-0.39, 0.29) is 18.4 Å². The Morgan fingerprint density at radius 2 is 1.83 bits per heavy atom. The first kappa shape index (κ1) is 17.5. The van der Waals surface area contributed by atoms with Crippen LogP contribution in [0, 0.1) is 6.92 Å². The Kier molecular flexibility index (Phi) is 5.80. The van der Waals surface area contributed by atoms with E-state index in [4.69, 9.17) is 4.74 Å². The highest BCUT2D eigenvalue weighted by Gasteiger charge is 2.13. The molecule has 2 aromatic carbocycles. The van der Waals surface area contributed by atoms with Gasteiger partial charge in [-0.3, -0.25) is 0 Å². The van der Waals surface area contributed by atoms with Crippen molar-refractivity contribution in [1.82, 2.24) is 4.72 Å². The van der Waals surface area contributed by atoms with Crippen LogP contribution in [0.3, 0.4) is 0 Å². The second-order valence-electron chi connectivity index (χ2n) is 5.82. The van der Waals surface area contributed by atoms with E-state index in [0.29, 0.717) is 0 Å². The number of nitrogens with one attached hydrogen (secondary N) is 1. The number of aryl methyl sites for hydroxylation is 1. The summed E-state index contributed by atoms with van der Waals surface area (Å²) in [4.78, 5) is 0. The molecular formula is C18H23NO3S. The predicted molar refractivity (Wildman–Crippen MR) is 92.8 cm³/mol. The van der Waals surface area contributed by atoms with Gasteiger partial charge in [0.2, 0.25) is 10.0 Å². The molecule has 5 heteroatoms. The molecular weight excluding hydrogens is 310 g/mol. The van der Waals surface area contributed by atoms with E-state index < -0.39 is 10.0 Å². The maximum atomic E-state index is 12.2. The van der Waals surface area contributed by atoms with Crippen molar-refractivity contribution in [1.29, 1.82) is 0 Å². The summed E-state index contributed by atoms with van der Waals surface area (Å²) in [5, 5.41) is 0. The lowest BCUT2D eigenvalue weighted by Crippen LogP contribution is -2.25. The zero-order valence-electron chi connectivity index (χ0n) is 13.7. The molecule has 0 aromatic heterocycles. The van der Waals surface area contributed by atoms with Crippen LogP contribution in [-0.2, 0) is 22.3 Å².